The number of anilines is 1. The molecule has 0 aromatic heterocycles. The molecule has 2 atom stereocenters. The lowest BCUT2D eigenvalue weighted by molar-refractivity contribution is 0.244. The molecular weight excluding hydrogens is 322 g/mol. The third-order valence-electron chi connectivity index (χ3n) is 4.72. The van der Waals surface area contributed by atoms with Crippen LogP contribution in [0.4, 0.5) is 5.69 Å². The largest absolute Gasteiger partial charge is 0.367 e. The van der Waals surface area contributed by atoms with Crippen LogP contribution < -0.4 is 4.90 Å². The second-order valence-electron chi connectivity index (χ2n) is 5.87. The van der Waals surface area contributed by atoms with Crippen LogP contribution in [0, 0.1) is 5.92 Å². The zero-order chi connectivity index (χ0) is 13.2. The van der Waals surface area contributed by atoms with Crippen molar-refractivity contribution in [3.8, 4) is 0 Å². The van der Waals surface area contributed by atoms with Crippen molar-refractivity contribution in [1.29, 1.82) is 0 Å². The molecule has 0 spiro atoms. The molecule has 1 nitrogen and oxygen atoms in total. The van der Waals surface area contributed by atoms with E-state index < -0.39 is 0 Å². The maximum absolute atomic E-state index is 6.51. The second kappa shape index (κ2) is 6.05. The van der Waals surface area contributed by atoms with Gasteiger partial charge in [0.2, 0.25) is 0 Å². The molecule has 1 saturated carbocycles. The first-order valence-electron chi connectivity index (χ1n) is 7.40. The molecule has 2 fully saturated rings. The van der Waals surface area contributed by atoms with Gasteiger partial charge in [-0.3, -0.25) is 0 Å². The van der Waals surface area contributed by atoms with E-state index in [4.69, 9.17) is 11.6 Å². The predicted molar refractivity (Wildman–Crippen MR) is 86.4 cm³/mol. The van der Waals surface area contributed by atoms with Crippen molar-refractivity contribution in [3.05, 3.63) is 28.8 Å². The lowest BCUT2D eigenvalue weighted by Crippen LogP contribution is -2.47. The Morgan fingerprint density at radius 3 is 2.74 bits per heavy atom. The van der Waals surface area contributed by atoms with Gasteiger partial charge in [-0.05, 0) is 49.3 Å². The van der Waals surface area contributed by atoms with Crippen LogP contribution >= 0.6 is 27.5 Å². The number of benzene rings is 1. The minimum absolute atomic E-state index is 0.731. The SMILES string of the molecule is Clc1cc(CBr)ccc1N1CCCC2CCCCC21. The summed E-state index contributed by atoms with van der Waals surface area (Å²) >= 11 is 10.0. The van der Waals surface area contributed by atoms with Crippen molar-refractivity contribution >= 4 is 33.2 Å². The van der Waals surface area contributed by atoms with E-state index in [1.807, 2.05) is 0 Å². The lowest BCUT2D eigenvalue weighted by Gasteiger charge is -2.45. The van der Waals surface area contributed by atoms with Gasteiger partial charge in [-0.1, -0.05) is 46.4 Å². The molecule has 0 radical (unpaired) electrons. The summed E-state index contributed by atoms with van der Waals surface area (Å²) in [5, 5.41) is 1.79. The number of nitrogens with zero attached hydrogens (tertiary/aromatic N) is 1. The molecular formula is C16H21BrClN. The third-order valence-corrected chi connectivity index (χ3v) is 5.67. The van der Waals surface area contributed by atoms with E-state index in [2.05, 4.69) is 39.0 Å². The fourth-order valence-corrected chi connectivity index (χ4v) is 4.45. The Hall–Kier alpha value is -0.210. The number of hydrogen-bond acceptors (Lipinski definition) is 1. The molecule has 1 aliphatic heterocycles. The van der Waals surface area contributed by atoms with Gasteiger partial charge < -0.3 is 4.90 Å². The van der Waals surface area contributed by atoms with Crippen molar-refractivity contribution in [2.75, 3.05) is 11.4 Å². The molecule has 1 aromatic carbocycles. The van der Waals surface area contributed by atoms with Crippen LogP contribution in [0.5, 0.6) is 0 Å². The Labute approximate surface area is 129 Å². The zero-order valence-corrected chi connectivity index (χ0v) is 13.6. The molecule has 1 aromatic rings. The van der Waals surface area contributed by atoms with Gasteiger partial charge in [0.25, 0.3) is 0 Å². The lowest BCUT2D eigenvalue weighted by atomic mass is 9.78. The van der Waals surface area contributed by atoms with E-state index in [-0.39, 0.29) is 0 Å². The van der Waals surface area contributed by atoms with E-state index in [0.29, 0.717) is 0 Å². The number of piperidine rings is 1. The second-order valence-corrected chi connectivity index (χ2v) is 6.83. The summed E-state index contributed by atoms with van der Waals surface area (Å²) in [6.45, 7) is 1.18. The standard InChI is InChI=1S/C16H21BrClN/c17-11-12-7-8-16(14(18)10-12)19-9-3-5-13-4-1-2-6-15(13)19/h7-8,10,13,15H,1-6,9,11H2. The summed E-state index contributed by atoms with van der Waals surface area (Å²) in [4.78, 5) is 2.59. The summed E-state index contributed by atoms with van der Waals surface area (Å²) in [5.74, 6) is 0.898. The summed E-state index contributed by atoms with van der Waals surface area (Å²) < 4.78 is 0. The number of fused-ring (bicyclic) bond motifs is 1. The van der Waals surface area contributed by atoms with Crippen LogP contribution in [-0.4, -0.2) is 12.6 Å². The molecule has 2 unspecified atom stereocenters. The van der Waals surface area contributed by atoms with Crippen LogP contribution in [-0.2, 0) is 5.33 Å². The van der Waals surface area contributed by atoms with E-state index in [9.17, 15) is 0 Å². The molecule has 3 heteroatoms. The van der Waals surface area contributed by atoms with Crippen molar-refractivity contribution in [1.82, 2.24) is 0 Å². The smallest absolute Gasteiger partial charge is 0.0642 e. The summed E-state index contributed by atoms with van der Waals surface area (Å²) in [7, 11) is 0. The summed E-state index contributed by atoms with van der Waals surface area (Å²) in [6.07, 6.45) is 8.30. The van der Waals surface area contributed by atoms with Gasteiger partial charge in [-0.15, -0.1) is 0 Å². The molecule has 1 saturated heterocycles. The first-order valence-corrected chi connectivity index (χ1v) is 8.90. The highest BCUT2D eigenvalue weighted by Gasteiger charge is 2.33. The van der Waals surface area contributed by atoms with Crippen molar-refractivity contribution < 1.29 is 0 Å². The minimum atomic E-state index is 0.731. The number of halogens is 2. The Kier molecular flexibility index (Phi) is 4.38. The van der Waals surface area contributed by atoms with Crippen molar-refractivity contribution in [2.24, 2.45) is 5.92 Å². The minimum Gasteiger partial charge on any atom is -0.367 e. The monoisotopic (exact) mass is 341 g/mol. The molecule has 104 valence electrons. The molecule has 0 amide bonds. The van der Waals surface area contributed by atoms with E-state index in [1.54, 1.807) is 0 Å². The van der Waals surface area contributed by atoms with Gasteiger partial charge in [0, 0.05) is 17.9 Å². The van der Waals surface area contributed by atoms with Gasteiger partial charge in [-0.2, -0.15) is 0 Å². The number of rotatable bonds is 2. The van der Waals surface area contributed by atoms with Crippen LogP contribution in [0.2, 0.25) is 5.02 Å². The van der Waals surface area contributed by atoms with Gasteiger partial charge in [0.1, 0.15) is 0 Å². The number of alkyl halides is 1. The molecule has 19 heavy (non-hydrogen) atoms. The van der Waals surface area contributed by atoms with Gasteiger partial charge in [-0.25, -0.2) is 0 Å². The quantitative estimate of drug-likeness (QED) is 0.651. The fourth-order valence-electron chi connectivity index (χ4n) is 3.79. The van der Waals surface area contributed by atoms with E-state index >= 15 is 0 Å². The summed E-state index contributed by atoms with van der Waals surface area (Å²) in [5.41, 5.74) is 2.51. The molecule has 3 rings (SSSR count). The highest BCUT2D eigenvalue weighted by Crippen LogP contribution is 2.40. The number of hydrogen-bond donors (Lipinski definition) is 0. The van der Waals surface area contributed by atoms with Gasteiger partial charge in [0.05, 0.1) is 10.7 Å². The topological polar surface area (TPSA) is 3.24 Å². The molecule has 0 bridgehead atoms. The van der Waals surface area contributed by atoms with Gasteiger partial charge >= 0.3 is 0 Å². The highest BCUT2D eigenvalue weighted by molar-refractivity contribution is 9.08. The van der Waals surface area contributed by atoms with Crippen LogP contribution in [0.15, 0.2) is 18.2 Å². The molecule has 2 aliphatic rings. The van der Waals surface area contributed by atoms with Crippen LogP contribution in [0.25, 0.3) is 0 Å². The van der Waals surface area contributed by atoms with Crippen LogP contribution in [0.3, 0.4) is 0 Å². The third kappa shape index (κ3) is 2.80. The first-order chi connectivity index (χ1) is 9.29. The van der Waals surface area contributed by atoms with Gasteiger partial charge in [0.15, 0.2) is 0 Å². The normalized spacial score (nSPS) is 27.2. The maximum atomic E-state index is 6.51. The average molecular weight is 343 g/mol. The van der Waals surface area contributed by atoms with E-state index in [1.165, 1.54) is 56.3 Å². The Bertz CT molecular complexity index is 446. The van der Waals surface area contributed by atoms with Crippen LogP contribution in [0.1, 0.15) is 44.1 Å². The average Bonchev–Trinajstić information content (AvgIpc) is 2.46. The summed E-state index contributed by atoms with van der Waals surface area (Å²) in [6, 6.07) is 7.26. The predicted octanol–water partition coefficient (Wildman–Crippen LogP) is 5.39. The van der Waals surface area contributed by atoms with Crippen molar-refractivity contribution in [3.63, 3.8) is 0 Å². The molecule has 0 N–H and O–H groups in total. The Morgan fingerprint density at radius 1 is 1.16 bits per heavy atom. The van der Waals surface area contributed by atoms with Crippen molar-refractivity contribution in [2.45, 2.75) is 49.9 Å². The highest BCUT2D eigenvalue weighted by atomic mass is 79.9. The molecule has 1 aliphatic carbocycles. The fraction of sp³-hybridized carbons (Fsp3) is 0.625. The maximum Gasteiger partial charge on any atom is 0.0642 e. The van der Waals surface area contributed by atoms with E-state index in [0.717, 1.165) is 22.3 Å². The Morgan fingerprint density at radius 2 is 1.95 bits per heavy atom. The first kappa shape index (κ1) is 13.8. The molecule has 1 heterocycles. The zero-order valence-electron chi connectivity index (χ0n) is 11.2. The Balaban J connectivity index is 1.87.